The fourth-order valence-electron chi connectivity index (χ4n) is 1.78. The van der Waals surface area contributed by atoms with Crippen LogP contribution < -0.4 is 0 Å². The maximum absolute atomic E-state index is 12.3. The van der Waals surface area contributed by atoms with Gasteiger partial charge in [-0.15, -0.1) is 11.6 Å². The van der Waals surface area contributed by atoms with E-state index in [-0.39, 0.29) is 34.8 Å². The third-order valence-electron chi connectivity index (χ3n) is 2.59. The summed E-state index contributed by atoms with van der Waals surface area (Å²) in [5.74, 6) is -0.346. The number of alkyl halides is 1. The molecule has 1 aromatic heterocycles. The first-order chi connectivity index (χ1) is 8.74. The zero-order valence-electron chi connectivity index (χ0n) is 11.0. The van der Waals surface area contributed by atoms with Crippen molar-refractivity contribution in [2.75, 3.05) is 11.6 Å². The van der Waals surface area contributed by atoms with Crippen LogP contribution in [-0.2, 0) is 16.4 Å². The van der Waals surface area contributed by atoms with Gasteiger partial charge in [0.2, 0.25) is 14.9 Å². The number of nitro groups is 1. The first kappa shape index (κ1) is 15.9. The molecule has 0 spiro atoms. The van der Waals surface area contributed by atoms with Crippen molar-refractivity contribution < 1.29 is 13.3 Å². The zero-order chi connectivity index (χ0) is 14.8. The van der Waals surface area contributed by atoms with E-state index in [1.54, 1.807) is 13.8 Å². The van der Waals surface area contributed by atoms with Crippen LogP contribution in [0.3, 0.4) is 0 Å². The van der Waals surface area contributed by atoms with Gasteiger partial charge >= 0.3 is 5.69 Å². The quantitative estimate of drug-likeness (QED) is 0.453. The highest BCUT2D eigenvalue weighted by Crippen LogP contribution is 2.29. The lowest BCUT2D eigenvalue weighted by molar-refractivity contribution is -0.388. The van der Waals surface area contributed by atoms with E-state index in [2.05, 4.69) is 5.10 Å². The smallest absolute Gasteiger partial charge is 0.258 e. The van der Waals surface area contributed by atoms with Crippen molar-refractivity contribution in [1.29, 1.82) is 0 Å². The number of hydrogen-bond donors (Lipinski definition) is 0. The first-order valence-electron chi connectivity index (χ1n) is 5.75. The third kappa shape index (κ3) is 3.24. The normalized spacial score (nSPS) is 13.5. The van der Waals surface area contributed by atoms with Crippen LogP contribution in [0.5, 0.6) is 0 Å². The molecule has 19 heavy (non-hydrogen) atoms. The second-order valence-electron chi connectivity index (χ2n) is 4.35. The van der Waals surface area contributed by atoms with E-state index in [9.17, 15) is 18.5 Å². The van der Waals surface area contributed by atoms with Gasteiger partial charge in [-0.1, -0.05) is 6.92 Å². The van der Waals surface area contributed by atoms with Gasteiger partial charge in [0.25, 0.3) is 0 Å². The molecule has 0 aliphatic carbocycles. The summed E-state index contributed by atoms with van der Waals surface area (Å²) in [7, 11) is -3.79. The standard InChI is InChI=1S/C10H16ClN3O4S/c1-4-13-10(9(14(15)16)8(3)12-13)19(17,18)6-7(2)5-11/h7H,4-6H2,1-3H3. The molecule has 7 nitrogen and oxygen atoms in total. The molecule has 1 unspecified atom stereocenters. The van der Waals surface area contributed by atoms with E-state index in [1.165, 1.54) is 6.92 Å². The molecule has 0 saturated carbocycles. The summed E-state index contributed by atoms with van der Waals surface area (Å²) in [6.45, 7) is 5.03. The van der Waals surface area contributed by atoms with E-state index >= 15 is 0 Å². The monoisotopic (exact) mass is 309 g/mol. The van der Waals surface area contributed by atoms with E-state index in [1.807, 2.05) is 0 Å². The molecule has 9 heteroatoms. The highest BCUT2D eigenvalue weighted by Gasteiger charge is 2.35. The molecule has 1 aromatic rings. The molecule has 0 aromatic carbocycles. The Morgan fingerprint density at radius 2 is 2.11 bits per heavy atom. The molecule has 0 radical (unpaired) electrons. The van der Waals surface area contributed by atoms with Crippen LogP contribution in [-0.4, -0.2) is 34.8 Å². The number of rotatable bonds is 6. The maximum atomic E-state index is 12.3. The van der Waals surface area contributed by atoms with Gasteiger partial charge in [0, 0.05) is 12.4 Å². The van der Waals surface area contributed by atoms with Crippen LogP contribution in [0.2, 0.25) is 0 Å². The van der Waals surface area contributed by atoms with Crippen LogP contribution in [0.4, 0.5) is 5.69 Å². The van der Waals surface area contributed by atoms with Crippen molar-refractivity contribution in [3.05, 3.63) is 15.8 Å². The highest BCUT2D eigenvalue weighted by atomic mass is 35.5. The molecule has 0 aliphatic rings. The Hall–Kier alpha value is -1.15. The Morgan fingerprint density at radius 3 is 2.53 bits per heavy atom. The minimum Gasteiger partial charge on any atom is -0.258 e. The number of nitrogens with zero attached hydrogens (tertiary/aromatic N) is 3. The van der Waals surface area contributed by atoms with Crippen molar-refractivity contribution in [1.82, 2.24) is 9.78 Å². The van der Waals surface area contributed by atoms with Crippen LogP contribution in [0.25, 0.3) is 0 Å². The average molecular weight is 310 g/mol. The molecule has 108 valence electrons. The molecule has 0 saturated heterocycles. The minimum atomic E-state index is -3.79. The molecule has 0 aliphatic heterocycles. The van der Waals surface area contributed by atoms with Crippen LogP contribution >= 0.6 is 11.6 Å². The van der Waals surface area contributed by atoms with Gasteiger partial charge < -0.3 is 0 Å². The van der Waals surface area contributed by atoms with Gasteiger partial charge in [0.05, 0.1) is 10.7 Å². The predicted octanol–water partition coefficient (Wildman–Crippen LogP) is 1.77. The van der Waals surface area contributed by atoms with E-state index in [4.69, 9.17) is 11.6 Å². The Morgan fingerprint density at radius 1 is 1.53 bits per heavy atom. The Bertz CT molecular complexity index is 582. The van der Waals surface area contributed by atoms with Crippen LogP contribution in [0.1, 0.15) is 19.5 Å². The lowest BCUT2D eigenvalue weighted by Gasteiger charge is -2.09. The van der Waals surface area contributed by atoms with Gasteiger partial charge in [-0.05, 0) is 19.8 Å². The lowest BCUT2D eigenvalue weighted by atomic mass is 10.3. The number of halogens is 1. The van der Waals surface area contributed by atoms with Crippen LogP contribution in [0.15, 0.2) is 5.03 Å². The van der Waals surface area contributed by atoms with Gasteiger partial charge in [-0.2, -0.15) is 5.10 Å². The highest BCUT2D eigenvalue weighted by molar-refractivity contribution is 7.91. The van der Waals surface area contributed by atoms with Crippen molar-refractivity contribution in [2.45, 2.75) is 32.3 Å². The van der Waals surface area contributed by atoms with E-state index in [0.29, 0.717) is 0 Å². The number of aryl methyl sites for hydroxylation is 2. The minimum absolute atomic E-state index is 0.101. The summed E-state index contributed by atoms with van der Waals surface area (Å²) in [5.41, 5.74) is -0.340. The van der Waals surface area contributed by atoms with Crippen molar-refractivity contribution in [3.8, 4) is 0 Å². The summed E-state index contributed by atoms with van der Waals surface area (Å²) in [4.78, 5) is 10.3. The summed E-state index contributed by atoms with van der Waals surface area (Å²) in [6, 6.07) is 0. The number of sulfone groups is 1. The fourth-order valence-corrected chi connectivity index (χ4v) is 4.05. The van der Waals surface area contributed by atoms with Gasteiger partial charge in [0.1, 0.15) is 5.69 Å². The molecule has 0 fully saturated rings. The van der Waals surface area contributed by atoms with E-state index in [0.717, 1.165) is 4.68 Å². The Kier molecular flexibility index (Phi) is 4.92. The van der Waals surface area contributed by atoms with Gasteiger partial charge in [-0.3, -0.25) is 10.1 Å². The molecular formula is C10H16ClN3O4S. The van der Waals surface area contributed by atoms with Crippen molar-refractivity contribution >= 4 is 27.1 Å². The number of aromatic nitrogens is 2. The SMILES string of the molecule is CCn1nc(C)c([N+](=O)[O-])c1S(=O)(=O)CC(C)CCl. The maximum Gasteiger partial charge on any atom is 0.328 e. The largest absolute Gasteiger partial charge is 0.328 e. The number of hydrogen-bond acceptors (Lipinski definition) is 5. The average Bonchev–Trinajstić information content (AvgIpc) is 2.66. The molecule has 1 atom stereocenters. The first-order valence-corrected chi connectivity index (χ1v) is 7.93. The van der Waals surface area contributed by atoms with Crippen molar-refractivity contribution in [2.24, 2.45) is 5.92 Å². The molecule has 0 N–H and O–H groups in total. The zero-order valence-corrected chi connectivity index (χ0v) is 12.5. The second kappa shape index (κ2) is 5.87. The van der Waals surface area contributed by atoms with E-state index < -0.39 is 20.4 Å². The predicted molar refractivity (Wildman–Crippen MR) is 71.2 cm³/mol. The summed E-state index contributed by atoms with van der Waals surface area (Å²) >= 11 is 5.61. The third-order valence-corrected chi connectivity index (χ3v) is 5.12. The second-order valence-corrected chi connectivity index (χ2v) is 6.61. The Labute approximate surface area is 116 Å². The lowest BCUT2D eigenvalue weighted by Crippen LogP contribution is -2.19. The molecule has 1 heterocycles. The molecule has 0 bridgehead atoms. The Balaban J connectivity index is 3.43. The van der Waals surface area contributed by atoms with Crippen molar-refractivity contribution in [3.63, 3.8) is 0 Å². The van der Waals surface area contributed by atoms with Gasteiger partial charge in [-0.25, -0.2) is 13.1 Å². The molecule has 0 amide bonds. The van der Waals surface area contributed by atoms with Gasteiger partial charge in [0.15, 0.2) is 0 Å². The fraction of sp³-hybridized carbons (Fsp3) is 0.700. The summed E-state index contributed by atoms with van der Waals surface area (Å²) in [5, 5.41) is 14.6. The summed E-state index contributed by atoms with van der Waals surface area (Å²) in [6.07, 6.45) is 0. The molecule has 1 rings (SSSR count). The summed E-state index contributed by atoms with van der Waals surface area (Å²) < 4.78 is 25.7. The molecular weight excluding hydrogens is 294 g/mol. The topological polar surface area (TPSA) is 95.1 Å². The van der Waals surface area contributed by atoms with Crippen LogP contribution in [0, 0.1) is 23.0 Å².